The molecule has 1 rings (SSSR count). The van der Waals surface area contributed by atoms with Crippen LogP contribution in [0.25, 0.3) is 0 Å². The predicted octanol–water partition coefficient (Wildman–Crippen LogP) is -0.766. The largest absolute Gasteiger partial charge is 0.508 e. The van der Waals surface area contributed by atoms with Crippen molar-refractivity contribution >= 4 is 12.6 Å². The highest BCUT2D eigenvalue weighted by Crippen LogP contribution is 2.02. The van der Waals surface area contributed by atoms with Crippen molar-refractivity contribution in [3.63, 3.8) is 0 Å². The van der Waals surface area contributed by atoms with Gasteiger partial charge in [0.1, 0.15) is 5.75 Å². The van der Waals surface area contributed by atoms with Crippen LogP contribution in [0.3, 0.4) is 0 Å². The average molecular weight is 155 g/mol. The van der Waals surface area contributed by atoms with Gasteiger partial charge in [0.15, 0.2) is 0 Å². The third kappa shape index (κ3) is 2.59. The highest BCUT2D eigenvalue weighted by Gasteiger charge is 2.08. The van der Waals surface area contributed by atoms with E-state index in [4.69, 9.17) is 15.2 Å². The summed E-state index contributed by atoms with van der Waals surface area (Å²) in [6.07, 6.45) is 0. The SMILES string of the molecule is N.OB(O)c1ccc(O)cc1. The monoisotopic (exact) mass is 155 g/mol. The van der Waals surface area contributed by atoms with E-state index in [2.05, 4.69) is 0 Å². The van der Waals surface area contributed by atoms with Crippen LogP contribution in [0.1, 0.15) is 0 Å². The van der Waals surface area contributed by atoms with Gasteiger partial charge in [0.2, 0.25) is 0 Å². The molecule has 0 aliphatic carbocycles. The third-order valence-corrected chi connectivity index (χ3v) is 1.19. The zero-order valence-electron chi connectivity index (χ0n) is 5.94. The first-order valence-corrected chi connectivity index (χ1v) is 2.85. The first kappa shape index (κ1) is 9.96. The molecule has 0 atom stereocenters. The van der Waals surface area contributed by atoms with Gasteiger partial charge in [0.05, 0.1) is 0 Å². The van der Waals surface area contributed by atoms with Crippen LogP contribution in [-0.4, -0.2) is 22.3 Å². The number of phenols is 1. The predicted molar refractivity (Wildman–Crippen MR) is 43.0 cm³/mol. The summed E-state index contributed by atoms with van der Waals surface area (Å²) in [5.41, 5.74) is 0.373. The van der Waals surface area contributed by atoms with Crippen LogP contribution >= 0.6 is 0 Å². The topological polar surface area (TPSA) is 95.7 Å². The fraction of sp³-hybridized carbons (Fsp3) is 0. The van der Waals surface area contributed by atoms with Gasteiger partial charge in [-0.1, -0.05) is 12.1 Å². The lowest BCUT2D eigenvalue weighted by Crippen LogP contribution is -2.29. The Balaban J connectivity index is 0.000001000. The molecule has 0 amide bonds. The molecule has 0 aliphatic heterocycles. The molecule has 4 nitrogen and oxygen atoms in total. The smallest absolute Gasteiger partial charge is 0.488 e. The number of phenolic OH excluding ortho intramolecular Hbond substituents is 1. The van der Waals surface area contributed by atoms with Gasteiger partial charge in [-0.25, -0.2) is 0 Å². The highest BCUT2D eigenvalue weighted by molar-refractivity contribution is 6.58. The maximum absolute atomic E-state index is 8.78. The summed E-state index contributed by atoms with van der Waals surface area (Å²) >= 11 is 0. The van der Waals surface area contributed by atoms with E-state index in [-0.39, 0.29) is 11.9 Å². The van der Waals surface area contributed by atoms with E-state index in [9.17, 15) is 0 Å². The minimum absolute atomic E-state index is 0. The van der Waals surface area contributed by atoms with Crippen LogP contribution < -0.4 is 11.6 Å². The summed E-state index contributed by atoms with van der Waals surface area (Å²) in [6.45, 7) is 0. The summed E-state index contributed by atoms with van der Waals surface area (Å²) in [4.78, 5) is 0. The van der Waals surface area contributed by atoms with Crippen LogP contribution in [0.15, 0.2) is 24.3 Å². The summed E-state index contributed by atoms with van der Waals surface area (Å²) in [5, 5.41) is 26.0. The van der Waals surface area contributed by atoms with E-state index in [0.717, 1.165) is 0 Å². The van der Waals surface area contributed by atoms with Crippen molar-refractivity contribution in [2.75, 3.05) is 0 Å². The van der Waals surface area contributed by atoms with Crippen LogP contribution in [0.4, 0.5) is 0 Å². The van der Waals surface area contributed by atoms with Crippen LogP contribution in [0.2, 0.25) is 0 Å². The lowest BCUT2D eigenvalue weighted by molar-refractivity contribution is 0.425. The van der Waals surface area contributed by atoms with Crippen molar-refractivity contribution in [2.45, 2.75) is 0 Å². The van der Waals surface area contributed by atoms with Crippen molar-refractivity contribution in [3.8, 4) is 5.75 Å². The van der Waals surface area contributed by atoms with Crippen LogP contribution in [-0.2, 0) is 0 Å². The molecule has 0 spiro atoms. The highest BCUT2D eigenvalue weighted by atomic mass is 16.4. The lowest BCUT2D eigenvalue weighted by Gasteiger charge is -1.96. The molecule has 0 aromatic heterocycles. The Bertz CT molecular complexity index is 212. The van der Waals surface area contributed by atoms with E-state index < -0.39 is 7.12 Å². The van der Waals surface area contributed by atoms with Crippen LogP contribution in [0.5, 0.6) is 5.75 Å². The summed E-state index contributed by atoms with van der Waals surface area (Å²) in [7, 11) is -1.46. The molecule has 60 valence electrons. The minimum Gasteiger partial charge on any atom is -0.508 e. The normalized spacial score (nSPS) is 8.55. The molecule has 0 aliphatic rings. The van der Waals surface area contributed by atoms with Gasteiger partial charge in [-0.05, 0) is 17.6 Å². The van der Waals surface area contributed by atoms with Crippen molar-refractivity contribution in [3.05, 3.63) is 24.3 Å². The molecular weight excluding hydrogens is 145 g/mol. The first-order chi connectivity index (χ1) is 4.70. The second-order valence-electron chi connectivity index (χ2n) is 1.97. The van der Waals surface area contributed by atoms with Crippen molar-refractivity contribution in [1.82, 2.24) is 6.15 Å². The molecule has 0 unspecified atom stereocenters. The molecule has 6 N–H and O–H groups in total. The number of aromatic hydroxyl groups is 1. The fourth-order valence-corrected chi connectivity index (χ4v) is 0.646. The molecule has 11 heavy (non-hydrogen) atoms. The molecule has 0 fully saturated rings. The van der Waals surface area contributed by atoms with E-state index in [1.807, 2.05) is 0 Å². The van der Waals surface area contributed by atoms with Crippen LogP contribution in [0, 0.1) is 0 Å². The van der Waals surface area contributed by atoms with Crippen molar-refractivity contribution in [1.29, 1.82) is 0 Å². The number of hydrogen-bond donors (Lipinski definition) is 4. The average Bonchev–Trinajstić information content (AvgIpc) is 1.88. The Labute approximate surface area is 64.8 Å². The molecule has 0 heterocycles. The van der Waals surface area contributed by atoms with E-state index in [0.29, 0.717) is 5.46 Å². The van der Waals surface area contributed by atoms with Gasteiger partial charge >= 0.3 is 7.12 Å². The molecule has 1 aromatic carbocycles. The fourth-order valence-electron chi connectivity index (χ4n) is 0.646. The molecule has 0 bridgehead atoms. The Kier molecular flexibility index (Phi) is 3.60. The Hall–Kier alpha value is -1.04. The van der Waals surface area contributed by atoms with Gasteiger partial charge in [-0.3, -0.25) is 0 Å². The summed E-state index contributed by atoms with van der Waals surface area (Å²) < 4.78 is 0. The standard InChI is InChI=1S/C6H7BO3.H3N/c8-6-3-1-5(2-4-6)7(9)10;/h1-4,8-10H;1H3. The molecule has 0 saturated carbocycles. The maximum Gasteiger partial charge on any atom is 0.488 e. The van der Waals surface area contributed by atoms with Gasteiger partial charge < -0.3 is 21.3 Å². The van der Waals surface area contributed by atoms with Crippen molar-refractivity contribution in [2.24, 2.45) is 0 Å². The third-order valence-electron chi connectivity index (χ3n) is 1.19. The first-order valence-electron chi connectivity index (χ1n) is 2.85. The zero-order chi connectivity index (χ0) is 7.56. The zero-order valence-corrected chi connectivity index (χ0v) is 5.94. The molecule has 0 radical (unpaired) electrons. The van der Waals surface area contributed by atoms with E-state index in [1.165, 1.54) is 24.3 Å². The Morgan fingerprint density at radius 1 is 1.00 bits per heavy atom. The molecular formula is C6H10BNO3. The quantitative estimate of drug-likeness (QED) is 0.400. The number of benzene rings is 1. The molecule has 1 aromatic rings. The molecule has 5 heteroatoms. The number of hydrogen-bond acceptors (Lipinski definition) is 4. The van der Waals surface area contributed by atoms with Crippen molar-refractivity contribution < 1.29 is 15.2 Å². The van der Waals surface area contributed by atoms with Gasteiger partial charge in [-0.15, -0.1) is 0 Å². The Morgan fingerprint density at radius 3 is 1.82 bits per heavy atom. The second kappa shape index (κ2) is 3.97. The van der Waals surface area contributed by atoms with Gasteiger partial charge in [0.25, 0.3) is 0 Å². The molecule has 0 saturated heterocycles. The lowest BCUT2D eigenvalue weighted by atomic mass is 9.80. The summed E-state index contributed by atoms with van der Waals surface area (Å²) in [5.74, 6) is 0.115. The summed E-state index contributed by atoms with van der Waals surface area (Å²) in [6, 6.07) is 5.68. The van der Waals surface area contributed by atoms with E-state index >= 15 is 0 Å². The van der Waals surface area contributed by atoms with E-state index in [1.54, 1.807) is 0 Å². The Morgan fingerprint density at radius 2 is 1.45 bits per heavy atom. The van der Waals surface area contributed by atoms with Gasteiger partial charge in [-0.2, -0.15) is 0 Å². The second-order valence-corrected chi connectivity index (χ2v) is 1.97. The maximum atomic E-state index is 8.78. The minimum atomic E-state index is -1.46. The number of rotatable bonds is 1. The van der Waals surface area contributed by atoms with Gasteiger partial charge in [0, 0.05) is 0 Å².